The van der Waals surface area contributed by atoms with E-state index in [0.29, 0.717) is 29.2 Å². The highest BCUT2D eigenvalue weighted by molar-refractivity contribution is 6.42. The van der Waals surface area contributed by atoms with Crippen molar-refractivity contribution in [3.63, 3.8) is 0 Å². The van der Waals surface area contributed by atoms with E-state index in [2.05, 4.69) is 17.0 Å². The summed E-state index contributed by atoms with van der Waals surface area (Å²) in [6.07, 6.45) is 1.12. The minimum atomic E-state index is -0.818. The third-order valence-electron chi connectivity index (χ3n) is 6.03. The molecule has 1 fully saturated rings. The zero-order valence-electron chi connectivity index (χ0n) is 14.1. The molecular weight excluding hydrogens is 371 g/mol. The zero-order chi connectivity index (χ0) is 18.0. The summed E-state index contributed by atoms with van der Waals surface area (Å²) in [5.41, 5.74) is 6.17. The van der Waals surface area contributed by atoms with Crippen LogP contribution in [-0.4, -0.2) is 41.8 Å². The SMILES string of the molecule is O=C(O)N1CC[C@H]2[C@@H](C1)c1cc(-c3ccc(Cl)c(Cl)c3)cc3c1N2CC3. The van der Waals surface area contributed by atoms with E-state index in [9.17, 15) is 9.90 Å². The first kappa shape index (κ1) is 16.3. The minimum absolute atomic E-state index is 0.247. The Kier molecular flexibility index (Phi) is 3.63. The van der Waals surface area contributed by atoms with E-state index in [1.165, 1.54) is 16.8 Å². The number of amides is 1. The normalized spacial score (nSPS) is 23.2. The van der Waals surface area contributed by atoms with Crippen molar-refractivity contribution in [2.75, 3.05) is 24.5 Å². The summed E-state index contributed by atoms with van der Waals surface area (Å²) < 4.78 is 0. The molecule has 0 bridgehead atoms. The zero-order valence-corrected chi connectivity index (χ0v) is 15.6. The van der Waals surface area contributed by atoms with Gasteiger partial charge in [0.2, 0.25) is 0 Å². The number of carboxylic acid groups (broad SMARTS) is 1. The molecule has 0 unspecified atom stereocenters. The molecule has 0 aliphatic carbocycles. The van der Waals surface area contributed by atoms with Gasteiger partial charge in [-0.2, -0.15) is 0 Å². The largest absolute Gasteiger partial charge is 0.465 e. The highest BCUT2D eigenvalue weighted by Gasteiger charge is 2.45. The van der Waals surface area contributed by atoms with Crippen LogP contribution in [0.15, 0.2) is 30.3 Å². The van der Waals surface area contributed by atoms with E-state index in [1.807, 2.05) is 18.2 Å². The topological polar surface area (TPSA) is 43.8 Å². The maximum atomic E-state index is 11.5. The fourth-order valence-electron chi connectivity index (χ4n) is 4.86. The predicted molar refractivity (Wildman–Crippen MR) is 104 cm³/mol. The van der Waals surface area contributed by atoms with Gasteiger partial charge in [-0.15, -0.1) is 0 Å². The van der Waals surface area contributed by atoms with Crippen LogP contribution in [0.25, 0.3) is 11.1 Å². The second kappa shape index (κ2) is 5.80. The number of hydrogen-bond acceptors (Lipinski definition) is 2. The summed E-state index contributed by atoms with van der Waals surface area (Å²) >= 11 is 12.3. The van der Waals surface area contributed by atoms with Gasteiger partial charge >= 0.3 is 6.09 Å². The van der Waals surface area contributed by atoms with Crippen LogP contribution in [0.3, 0.4) is 0 Å². The summed E-state index contributed by atoms with van der Waals surface area (Å²) in [5, 5.41) is 10.5. The van der Waals surface area contributed by atoms with Gasteiger partial charge in [-0.3, -0.25) is 0 Å². The van der Waals surface area contributed by atoms with E-state index in [1.54, 1.807) is 4.90 Å². The third-order valence-corrected chi connectivity index (χ3v) is 6.77. The number of hydrogen-bond donors (Lipinski definition) is 1. The van der Waals surface area contributed by atoms with Crippen LogP contribution < -0.4 is 4.90 Å². The lowest BCUT2D eigenvalue weighted by atomic mass is 9.86. The van der Waals surface area contributed by atoms with Crippen molar-refractivity contribution in [3.8, 4) is 11.1 Å². The van der Waals surface area contributed by atoms with Crippen LogP contribution in [0, 0.1) is 0 Å². The van der Waals surface area contributed by atoms with Gasteiger partial charge in [0, 0.05) is 37.3 Å². The van der Waals surface area contributed by atoms with Crippen molar-refractivity contribution in [1.29, 1.82) is 0 Å². The molecule has 26 heavy (non-hydrogen) atoms. The van der Waals surface area contributed by atoms with E-state index in [4.69, 9.17) is 23.2 Å². The average Bonchev–Trinajstić information content (AvgIpc) is 3.19. The maximum absolute atomic E-state index is 11.5. The molecule has 134 valence electrons. The Morgan fingerprint density at radius 1 is 1.08 bits per heavy atom. The first-order chi connectivity index (χ1) is 12.5. The van der Waals surface area contributed by atoms with Crippen molar-refractivity contribution in [2.45, 2.75) is 24.8 Å². The Bertz CT molecular complexity index is 930. The first-order valence-electron chi connectivity index (χ1n) is 8.89. The summed E-state index contributed by atoms with van der Waals surface area (Å²) in [4.78, 5) is 15.5. The minimum Gasteiger partial charge on any atom is -0.465 e. The summed E-state index contributed by atoms with van der Waals surface area (Å²) in [6.45, 7) is 2.23. The molecule has 0 radical (unpaired) electrons. The lowest BCUT2D eigenvalue weighted by molar-refractivity contribution is 0.127. The number of nitrogens with zero attached hydrogens (tertiary/aromatic N) is 2. The number of rotatable bonds is 1. The molecule has 6 heteroatoms. The molecule has 2 aromatic rings. The Morgan fingerprint density at radius 3 is 2.69 bits per heavy atom. The highest BCUT2D eigenvalue weighted by atomic mass is 35.5. The van der Waals surface area contributed by atoms with E-state index in [-0.39, 0.29) is 5.92 Å². The second-order valence-corrected chi connectivity index (χ2v) is 8.15. The number of anilines is 1. The van der Waals surface area contributed by atoms with E-state index >= 15 is 0 Å². The molecule has 3 heterocycles. The second-order valence-electron chi connectivity index (χ2n) is 7.34. The van der Waals surface area contributed by atoms with Crippen molar-refractivity contribution < 1.29 is 9.90 Å². The van der Waals surface area contributed by atoms with E-state index < -0.39 is 6.09 Å². The predicted octanol–water partition coefficient (Wildman–Crippen LogP) is 4.87. The average molecular weight is 389 g/mol. The lowest BCUT2D eigenvalue weighted by Crippen LogP contribution is -2.47. The van der Waals surface area contributed by atoms with Crippen LogP contribution in [0.2, 0.25) is 10.0 Å². The molecule has 0 spiro atoms. The summed E-state index contributed by atoms with van der Waals surface area (Å²) in [5.74, 6) is 0.247. The van der Waals surface area contributed by atoms with Gasteiger partial charge in [-0.05, 0) is 59.4 Å². The highest BCUT2D eigenvalue weighted by Crippen LogP contribution is 2.50. The molecular formula is C20H18Cl2N2O2. The Labute approximate surface area is 161 Å². The van der Waals surface area contributed by atoms with Crippen LogP contribution >= 0.6 is 23.2 Å². The van der Waals surface area contributed by atoms with Gasteiger partial charge in [0.1, 0.15) is 0 Å². The maximum Gasteiger partial charge on any atom is 0.407 e. The number of fused-ring (bicyclic) bond motifs is 3. The molecule has 0 aromatic heterocycles. The van der Waals surface area contributed by atoms with Gasteiger partial charge in [0.15, 0.2) is 0 Å². The number of halogens is 2. The Hall–Kier alpha value is -1.91. The number of likely N-dealkylation sites (tertiary alicyclic amines) is 1. The molecule has 1 N–H and O–H groups in total. The molecule has 2 atom stereocenters. The molecule has 5 rings (SSSR count). The molecule has 1 amide bonds. The summed E-state index contributed by atoms with van der Waals surface area (Å²) in [6, 6.07) is 10.6. The molecule has 1 saturated heterocycles. The fraction of sp³-hybridized carbons (Fsp3) is 0.350. The molecule has 3 aliphatic rings. The standard InChI is InChI=1S/C20H18Cl2N2O2/c21-16-2-1-11(9-17(16)22)13-7-12-3-6-24-18-4-5-23(20(25)26)10-15(18)14(8-13)19(12)24/h1-2,7-9,15,18H,3-6,10H2,(H,25,26)/t15-,18-/m0/s1. The number of piperidine rings is 1. The quantitative estimate of drug-likeness (QED) is 0.757. The first-order valence-corrected chi connectivity index (χ1v) is 9.65. The van der Waals surface area contributed by atoms with Crippen molar-refractivity contribution in [2.24, 2.45) is 0 Å². The third kappa shape index (κ3) is 2.32. The van der Waals surface area contributed by atoms with E-state index in [0.717, 1.165) is 30.5 Å². The van der Waals surface area contributed by atoms with Gasteiger partial charge in [-0.1, -0.05) is 29.3 Å². The molecule has 2 aromatic carbocycles. The van der Waals surface area contributed by atoms with Gasteiger partial charge < -0.3 is 14.9 Å². The van der Waals surface area contributed by atoms with Crippen LogP contribution in [0.4, 0.5) is 10.5 Å². The van der Waals surface area contributed by atoms with Crippen molar-refractivity contribution in [1.82, 2.24) is 4.90 Å². The van der Waals surface area contributed by atoms with Crippen LogP contribution in [-0.2, 0) is 6.42 Å². The molecule has 0 saturated carbocycles. The van der Waals surface area contributed by atoms with Crippen molar-refractivity contribution >= 4 is 35.0 Å². The smallest absolute Gasteiger partial charge is 0.407 e. The summed E-state index contributed by atoms with van der Waals surface area (Å²) in [7, 11) is 0. The molecule has 3 aliphatic heterocycles. The van der Waals surface area contributed by atoms with Gasteiger partial charge in [0.05, 0.1) is 10.0 Å². The fourth-order valence-corrected chi connectivity index (χ4v) is 5.16. The monoisotopic (exact) mass is 388 g/mol. The van der Waals surface area contributed by atoms with Crippen LogP contribution in [0.5, 0.6) is 0 Å². The van der Waals surface area contributed by atoms with Crippen molar-refractivity contribution in [3.05, 3.63) is 51.5 Å². The Balaban J connectivity index is 1.60. The number of benzene rings is 2. The molecule has 4 nitrogen and oxygen atoms in total. The number of carbonyl (C=O) groups is 1. The van der Waals surface area contributed by atoms with Gasteiger partial charge in [0.25, 0.3) is 0 Å². The Morgan fingerprint density at radius 2 is 1.92 bits per heavy atom. The van der Waals surface area contributed by atoms with Gasteiger partial charge in [-0.25, -0.2) is 4.79 Å². The van der Waals surface area contributed by atoms with Crippen LogP contribution in [0.1, 0.15) is 23.5 Å². The lowest BCUT2D eigenvalue weighted by Gasteiger charge is -2.37.